The number of carbonyl (C=O) groups excluding carboxylic acids is 2. The van der Waals surface area contributed by atoms with Gasteiger partial charge in [-0.15, -0.1) is 0 Å². The van der Waals surface area contributed by atoms with Gasteiger partial charge in [-0.3, -0.25) is 9.59 Å². The van der Waals surface area contributed by atoms with Crippen LogP contribution in [0, 0.1) is 5.82 Å². The molecule has 1 aliphatic heterocycles. The Balaban J connectivity index is 1.29. The van der Waals surface area contributed by atoms with Gasteiger partial charge in [0.1, 0.15) is 18.2 Å². The topological polar surface area (TPSA) is 58.6 Å². The van der Waals surface area contributed by atoms with Crippen molar-refractivity contribution in [1.82, 2.24) is 10.2 Å². The Hall–Kier alpha value is -2.89. The standard InChI is InChI=1S/C23H25FN2O3/c24-18-7-3-16(4-8-18)14-22(27)26-13-1-2-20(26)15-29-21-11-5-17(6-12-21)23(28)25-19-9-10-19/h3-8,11-12,19-20H,1-2,9-10,13-15H2,(H,25,28). The zero-order valence-corrected chi connectivity index (χ0v) is 16.3. The third kappa shape index (κ3) is 5.13. The minimum absolute atomic E-state index is 0.0285. The van der Waals surface area contributed by atoms with Gasteiger partial charge in [0.05, 0.1) is 12.5 Å². The molecule has 5 nitrogen and oxygen atoms in total. The Morgan fingerprint density at radius 1 is 1.03 bits per heavy atom. The van der Waals surface area contributed by atoms with Crippen LogP contribution in [-0.2, 0) is 11.2 Å². The highest BCUT2D eigenvalue weighted by atomic mass is 19.1. The van der Waals surface area contributed by atoms with Crippen LogP contribution in [-0.4, -0.2) is 41.9 Å². The summed E-state index contributed by atoms with van der Waals surface area (Å²) in [6, 6.07) is 13.5. The Morgan fingerprint density at radius 3 is 2.45 bits per heavy atom. The van der Waals surface area contributed by atoms with Crippen LogP contribution >= 0.6 is 0 Å². The minimum atomic E-state index is -0.301. The van der Waals surface area contributed by atoms with Crippen LogP contribution in [0.15, 0.2) is 48.5 Å². The maximum Gasteiger partial charge on any atom is 0.251 e. The second-order valence-electron chi connectivity index (χ2n) is 7.77. The van der Waals surface area contributed by atoms with Crippen LogP contribution in [0.2, 0.25) is 0 Å². The van der Waals surface area contributed by atoms with Crippen molar-refractivity contribution in [3.05, 3.63) is 65.5 Å². The molecule has 152 valence electrons. The molecule has 2 aliphatic rings. The SMILES string of the molecule is O=C(NC1CC1)c1ccc(OCC2CCCN2C(=O)Cc2ccc(F)cc2)cc1. The van der Waals surface area contributed by atoms with Crippen molar-refractivity contribution in [2.45, 2.75) is 44.2 Å². The van der Waals surface area contributed by atoms with Crippen LogP contribution in [0.25, 0.3) is 0 Å². The van der Waals surface area contributed by atoms with Gasteiger partial charge in [-0.05, 0) is 67.6 Å². The van der Waals surface area contributed by atoms with Crippen LogP contribution in [0.3, 0.4) is 0 Å². The molecule has 1 saturated heterocycles. The van der Waals surface area contributed by atoms with Crippen LogP contribution in [0.1, 0.15) is 41.6 Å². The average molecular weight is 396 g/mol. The van der Waals surface area contributed by atoms with Crippen molar-refractivity contribution in [1.29, 1.82) is 0 Å². The number of nitrogens with one attached hydrogen (secondary N) is 1. The molecule has 1 unspecified atom stereocenters. The highest BCUT2D eigenvalue weighted by molar-refractivity contribution is 5.94. The van der Waals surface area contributed by atoms with Gasteiger partial charge in [-0.1, -0.05) is 12.1 Å². The second kappa shape index (κ2) is 8.64. The molecule has 29 heavy (non-hydrogen) atoms. The van der Waals surface area contributed by atoms with Gasteiger partial charge in [-0.2, -0.15) is 0 Å². The first-order valence-electron chi connectivity index (χ1n) is 10.2. The van der Waals surface area contributed by atoms with E-state index in [4.69, 9.17) is 4.74 Å². The fraction of sp³-hybridized carbons (Fsp3) is 0.391. The van der Waals surface area contributed by atoms with E-state index in [9.17, 15) is 14.0 Å². The lowest BCUT2D eigenvalue weighted by atomic mass is 10.1. The van der Waals surface area contributed by atoms with Crippen molar-refractivity contribution < 1.29 is 18.7 Å². The molecular formula is C23H25FN2O3. The largest absolute Gasteiger partial charge is 0.491 e. The highest BCUT2D eigenvalue weighted by Gasteiger charge is 2.29. The average Bonchev–Trinajstić information content (AvgIpc) is 3.41. The Bertz CT molecular complexity index is 863. The molecule has 6 heteroatoms. The molecule has 2 amide bonds. The highest BCUT2D eigenvalue weighted by Crippen LogP contribution is 2.22. The van der Waals surface area contributed by atoms with E-state index in [2.05, 4.69) is 5.32 Å². The molecular weight excluding hydrogens is 371 g/mol. The maximum absolute atomic E-state index is 13.0. The zero-order valence-electron chi connectivity index (χ0n) is 16.3. The first-order valence-corrected chi connectivity index (χ1v) is 10.2. The van der Waals surface area contributed by atoms with E-state index in [1.165, 1.54) is 12.1 Å². The fourth-order valence-corrected chi connectivity index (χ4v) is 3.61. The van der Waals surface area contributed by atoms with E-state index < -0.39 is 0 Å². The molecule has 0 aromatic heterocycles. The predicted molar refractivity (Wildman–Crippen MR) is 107 cm³/mol. The summed E-state index contributed by atoms with van der Waals surface area (Å²) < 4.78 is 18.9. The molecule has 1 atom stereocenters. The van der Waals surface area contributed by atoms with E-state index in [0.29, 0.717) is 30.5 Å². The fourth-order valence-electron chi connectivity index (χ4n) is 3.61. The summed E-state index contributed by atoms with van der Waals surface area (Å²) in [5, 5.41) is 2.96. The Morgan fingerprint density at radius 2 is 1.76 bits per heavy atom. The number of rotatable bonds is 7. The minimum Gasteiger partial charge on any atom is -0.491 e. The van der Waals surface area contributed by atoms with Gasteiger partial charge in [0.2, 0.25) is 5.91 Å². The molecule has 1 aliphatic carbocycles. The third-order valence-electron chi connectivity index (χ3n) is 5.44. The lowest BCUT2D eigenvalue weighted by molar-refractivity contribution is -0.131. The molecule has 1 saturated carbocycles. The van der Waals surface area contributed by atoms with Crippen molar-refractivity contribution in [3.63, 3.8) is 0 Å². The molecule has 1 heterocycles. The Labute approximate surface area is 169 Å². The van der Waals surface area contributed by atoms with Gasteiger partial charge < -0.3 is 15.0 Å². The number of halogens is 1. The summed E-state index contributed by atoms with van der Waals surface area (Å²) in [4.78, 5) is 26.6. The number of hydrogen-bond acceptors (Lipinski definition) is 3. The smallest absolute Gasteiger partial charge is 0.251 e. The summed E-state index contributed by atoms with van der Waals surface area (Å²) in [6.45, 7) is 1.14. The summed E-state index contributed by atoms with van der Waals surface area (Å²) in [5.41, 5.74) is 1.43. The first kappa shape index (κ1) is 19.4. The van der Waals surface area contributed by atoms with Crippen molar-refractivity contribution in [3.8, 4) is 5.75 Å². The van der Waals surface area contributed by atoms with Crippen molar-refractivity contribution >= 4 is 11.8 Å². The summed E-state index contributed by atoms with van der Waals surface area (Å²) >= 11 is 0. The molecule has 0 spiro atoms. The van der Waals surface area contributed by atoms with Crippen molar-refractivity contribution in [2.24, 2.45) is 0 Å². The number of amides is 2. The van der Waals surface area contributed by atoms with E-state index in [1.54, 1.807) is 36.4 Å². The van der Waals surface area contributed by atoms with Crippen LogP contribution in [0.4, 0.5) is 4.39 Å². The summed E-state index contributed by atoms with van der Waals surface area (Å²) in [6.07, 6.45) is 4.23. The van der Waals surface area contributed by atoms with Crippen LogP contribution in [0.5, 0.6) is 5.75 Å². The summed E-state index contributed by atoms with van der Waals surface area (Å²) in [7, 11) is 0. The predicted octanol–water partition coefficient (Wildman–Crippen LogP) is 3.33. The molecule has 4 rings (SSSR count). The number of nitrogens with zero attached hydrogens (tertiary/aromatic N) is 1. The van der Waals surface area contributed by atoms with Gasteiger partial charge in [0.15, 0.2) is 0 Å². The lowest BCUT2D eigenvalue weighted by Crippen LogP contribution is -2.39. The van der Waals surface area contributed by atoms with E-state index in [0.717, 1.165) is 31.2 Å². The molecule has 0 bridgehead atoms. The number of hydrogen-bond donors (Lipinski definition) is 1. The Kier molecular flexibility index (Phi) is 5.79. The molecule has 0 radical (unpaired) electrons. The monoisotopic (exact) mass is 396 g/mol. The zero-order chi connectivity index (χ0) is 20.2. The third-order valence-corrected chi connectivity index (χ3v) is 5.44. The van der Waals surface area contributed by atoms with Crippen LogP contribution < -0.4 is 10.1 Å². The van der Waals surface area contributed by atoms with Gasteiger partial charge in [0, 0.05) is 18.2 Å². The van der Waals surface area contributed by atoms with E-state index in [1.807, 2.05) is 4.90 Å². The van der Waals surface area contributed by atoms with E-state index >= 15 is 0 Å². The number of carbonyl (C=O) groups is 2. The molecule has 2 fully saturated rings. The lowest BCUT2D eigenvalue weighted by Gasteiger charge is -2.25. The van der Waals surface area contributed by atoms with Gasteiger partial charge in [0.25, 0.3) is 5.91 Å². The quantitative estimate of drug-likeness (QED) is 0.781. The molecule has 1 N–H and O–H groups in total. The van der Waals surface area contributed by atoms with E-state index in [-0.39, 0.29) is 30.1 Å². The normalized spacial score (nSPS) is 18.5. The number of benzene rings is 2. The first-order chi connectivity index (χ1) is 14.1. The number of likely N-dealkylation sites (tertiary alicyclic amines) is 1. The van der Waals surface area contributed by atoms with Crippen molar-refractivity contribution in [2.75, 3.05) is 13.2 Å². The molecule has 2 aromatic rings. The maximum atomic E-state index is 13.0. The second-order valence-corrected chi connectivity index (χ2v) is 7.77. The number of ether oxygens (including phenoxy) is 1. The summed E-state index contributed by atoms with van der Waals surface area (Å²) in [5.74, 6) is 0.373. The molecule has 2 aromatic carbocycles. The van der Waals surface area contributed by atoms with Gasteiger partial charge >= 0.3 is 0 Å². The van der Waals surface area contributed by atoms with Gasteiger partial charge in [-0.25, -0.2) is 4.39 Å².